The Kier molecular flexibility index (Phi) is 47.7. The van der Waals surface area contributed by atoms with Crippen LogP contribution < -0.4 is 97.4 Å². The van der Waals surface area contributed by atoms with E-state index in [1.54, 1.807) is 45.0 Å². The zero-order valence-corrected chi connectivity index (χ0v) is 77.7. The van der Waals surface area contributed by atoms with E-state index >= 15 is 14.4 Å². The molecule has 4 aromatic rings. The maximum atomic E-state index is 15.2. The van der Waals surface area contributed by atoms with Crippen LogP contribution in [-0.4, -0.2) is 321 Å². The number of amides is 16. The molecule has 5 rings (SSSR count). The Labute approximate surface area is 802 Å². The summed E-state index contributed by atoms with van der Waals surface area (Å²) in [5.41, 5.74) is 24.1. The lowest BCUT2D eigenvalue weighted by Crippen LogP contribution is -2.62. The molecule has 33 N–H and O–H groups in total. The number of primary amides is 1. The van der Waals surface area contributed by atoms with Crippen molar-refractivity contribution < 1.29 is 152 Å². The van der Waals surface area contributed by atoms with Crippen molar-refractivity contribution in [2.45, 2.75) is 259 Å². The van der Waals surface area contributed by atoms with E-state index in [1.165, 1.54) is 68.6 Å². The number of hydrogen-bond acceptors (Lipinski definition) is 29. The number of aliphatic carboxylic acids is 5. The van der Waals surface area contributed by atoms with Crippen LogP contribution in [0.1, 0.15) is 154 Å². The maximum absolute atomic E-state index is 15.2. The number of likely N-dealkylation sites (tertiary alicyclic amines) is 1. The zero-order valence-electron chi connectivity index (χ0n) is 77.7. The van der Waals surface area contributed by atoms with Crippen molar-refractivity contribution in [3.63, 3.8) is 0 Å². The zero-order chi connectivity index (χ0) is 104. The van der Waals surface area contributed by atoms with Gasteiger partial charge in [-0.2, -0.15) is 0 Å². The SMILES string of the molecule is CC[C@H](C)[C@H](NC(=O)[C@@H](N)[C@@H](C)O)C(=O)N[C@@H](CC(=O)O)C(=O)N[C@@H](Cc1c[nH]c2ccccc12)C(=O)N[C@@H](CC(=O)O)C(=O)N[C@@H](CC(=O)O)C(=O)N[C@@H](CCC(=O)O)C(=O)N[C@@H](CCCCN)C(=O)N[C@@H](Cc1ccc(O)cc1)C(=O)N[C@@H](Cc1ccc(O)cc1)C(=O)N[C@@H](CC(N)=O)C(=O)N1CCC[C@H]1C(=O)N[C@@H](CO)C(=O)N[C@@H](CC(C)C)C(=O)N[C@@H](CCCCN)C(=O)N[C@@H](CO)C(=O)O. The van der Waals surface area contributed by atoms with Crippen LogP contribution in [-0.2, 0) is 120 Å². The number of phenols is 2. The molecule has 1 aliphatic rings. The first-order chi connectivity index (χ1) is 66.1. The number of para-hydroxylation sites is 1. The van der Waals surface area contributed by atoms with Gasteiger partial charge in [-0.05, 0) is 143 Å². The molecule has 0 spiro atoms. The Morgan fingerprint density at radius 3 is 1.23 bits per heavy atom. The third-order valence-corrected chi connectivity index (χ3v) is 22.7. The molecule has 1 fully saturated rings. The minimum absolute atomic E-state index is 0.0123. The van der Waals surface area contributed by atoms with Crippen LogP contribution in [0, 0.1) is 11.8 Å². The van der Waals surface area contributed by atoms with Crippen molar-refractivity contribution in [1.29, 1.82) is 0 Å². The molecule has 0 aliphatic carbocycles. The molecule has 51 nitrogen and oxygen atoms in total. The van der Waals surface area contributed by atoms with Crippen LogP contribution in [0.5, 0.6) is 11.5 Å². The van der Waals surface area contributed by atoms with Gasteiger partial charge < -0.3 is 158 Å². The van der Waals surface area contributed by atoms with E-state index in [9.17, 15) is 137 Å². The summed E-state index contributed by atoms with van der Waals surface area (Å²) in [6.07, 6.45) is -8.03. The molecule has 1 aromatic heterocycles. The van der Waals surface area contributed by atoms with Crippen molar-refractivity contribution in [3.8, 4) is 11.5 Å². The number of aromatic hydroxyl groups is 2. The van der Waals surface area contributed by atoms with E-state index in [2.05, 4.69) is 74.1 Å². The summed E-state index contributed by atoms with van der Waals surface area (Å²) in [5, 5.41) is 134. The number of carboxylic acids is 5. The van der Waals surface area contributed by atoms with Crippen LogP contribution >= 0.6 is 0 Å². The number of rotatable bonds is 62. The molecule has 0 radical (unpaired) electrons. The quantitative estimate of drug-likeness (QED) is 0.0183. The number of aliphatic hydroxyl groups is 3. The standard InChI is InChI=1S/C89H128N20O31/c1-6-44(4)73(108-86(136)72(93)45(5)112)87(137)104-62(39-71(122)123)83(133)101-59(35-48-40-94-52-15-8-7-14-51(48)52)80(130)102-61(38-70(120)121)82(132)103-60(37-69(118)119)81(131)97-55(27-28-68(116)117)76(126)95-53(16-9-11-29-90)74(124)99-57(33-46-19-23-49(113)24-20-46)78(128)100-58(34-47-21-25-50(114)26-22-47)79(129)105-63(36-67(92)115)88(138)109-31-13-18-66(109)85(135)106-64(41-110)84(134)98-56(32-43(2)3)77(127)96-54(17-10-12-30-91)75(125)107-65(42-111)89(139)140/h7-8,14-15,19-26,40,43-45,53-66,72-73,94,110-114H,6,9-13,16-18,27-39,41-42,90-91,93H2,1-5H3,(H2,92,115)(H,95,126)(H,96,127)(H,97,131)(H,98,134)(H,99,124)(H,100,128)(H,101,133)(H,102,130)(H,103,132)(H,104,137)(H,105,129)(H,106,135)(H,107,125)(H,108,136)(H,116,117)(H,118,119)(H,120,121)(H,122,123)(H,139,140)/t44-,45+,53-,54-,55-,56-,57-,58-,59-,60-,61-,62-,63-,64-,65-,66-,72-,73-/m0/s1. The highest BCUT2D eigenvalue weighted by molar-refractivity contribution is 6.03. The number of aromatic amines is 1. The van der Waals surface area contributed by atoms with Gasteiger partial charge in [0, 0.05) is 49.3 Å². The fraction of sp³-hybridized carbons (Fsp3) is 0.539. The normalized spacial score (nSPS) is 15.9. The molecule has 18 atom stereocenters. The van der Waals surface area contributed by atoms with E-state index < -0.39 is 304 Å². The second-order valence-corrected chi connectivity index (χ2v) is 34.2. The van der Waals surface area contributed by atoms with Crippen LogP contribution in [0.15, 0.2) is 79.0 Å². The van der Waals surface area contributed by atoms with Gasteiger partial charge in [-0.1, -0.05) is 76.6 Å². The minimum atomic E-state index is -2.38. The Morgan fingerprint density at radius 2 is 0.814 bits per heavy atom. The number of benzene rings is 3. The highest BCUT2D eigenvalue weighted by atomic mass is 16.4. The molecule has 51 heteroatoms. The van der Waals surface area contributed by atoms with E-state index in [1.807, 2.05) is 5.32 Å². The van der Waals surface area contributed by atoms with Crippen molar-refractivity contribution in [1.82, 2.24) is 84.3 Å². The number of aromatic nitrogens is 1. The summed E-state index contributed by atoms with van der Waals surface area (Å²) in [7, 11) is 0. The number of fused-ring (bicyclic) bond motifs is 1. The monoisotopic (exact) mass is 1970 g/mol. The van der Waals surface area contributed by atoms with Crippen LogP contribution in [0.3, 0.4) is 0 Å². The number of nitrogens with zero attached hydrogens (tertiary/aromatic N) is 1. The number of phenolic OH excluding ortho intramolecular Hbond substituents is 2. The van der Waals surface area contributed by atoms with Crippen LogP contribution in [0.4, 0.5) is 0 Å². The number of carboxylic acid groups (broad SMARTS) is 5. The van der Waals surface area contributed by atoms with Crippen molar-refractivity contribution in [3.05, 3.63) is 95.7 Å². The largest absolute Gasteiger partial charge is 0.508 e. The highest BCUT2D eigenvalue weighted by Gasteiger charge is 2.44. The summed E-state index contributed by atoms with van der Waals surface area (Å²) in [6.45, 7) is 5.49. The Bertz CT molecular complexity index is 5000. The lowest BCUT2D eigenvalue weighted by atomic mass is 9.97. The van der Waals surface area contributed by atoms with Crippen molar-refractivity contribution in [2.75, 3.05) is 32.8 Å². The predicted molar refractivity (Wildman–Crippen MR) is 491 cm³/mol. The molecule has 0 unspecified atom stereocenters. The van der Waals surface area contributed by atoms with Crippen molar-refractivity contribution >= 4 is 135 Å². The van der Waals surface area contributed by atoms with E-state index in [0.717, 1.165) is 4.90 Å². The third-order valence-electron chi connectivity index (χ3n) is 22.7. The molecule has 3 aromatic carbocycles. The molecule has 16 amide bonds. The third kappa shape index (κ3) is 38.1. The van der Waals surface area contributed by atoms with E-state index in [4.69, 9.17) is 22.9 Å². The van der Waals surface area contributed by atoms with Gasteiger partial charge in [-0.25, -0.2) is 4.79 Å². The number of nitrogens with one attached hydrogen (secondary N) is 15. The smallest absolute Gasteiger partial charge is 0.328 e. The Balaban J connectivity index is 1.45. The first-order valence-corrected chi connectivity index (χ1v) is 45.2. The molecular weight excluding hydrogens is 1850 g/mol. The van der Waals surface area contributed by atoms with Crippen molar-refractivity contribution in [2.24, 2.45) is 34.8 Å². The molecule has 1 saturated heterocycles. The van der Waals surface area contributed by atoms with E-state index in [0.29, 0.717) is 17.3 Å². The number of carbonyl (C=O) groups is 21. The van der Waals surface area contributed by atoms with E-state index in [-0.39, 0.29) is 112 Å². The van der Waals surface area contributed by atoms with Gasteiger partial charge in [0.1, 0.15) is 108 Å². The summed E-state index contributed by atoms with van der Waals surface area (Å²) >= 11 is 0. The number of H-pyrrole nitrogens is 1. The number of unbranched alkanes of at least 4 members (excludes halogenated alkanes) is 2. The molecule has 770 valence electrons. The Morgan fingerprint density at radius 1 is 0.429 bits per heavy atom. The second kappa shape index (κ2) is 57.6. The Hall–Kier alpha value is -14.6. The van der Waals surface area contributed by atoms with Crippen LogP contribution in [0.2, 0.25) is 0 Å². The lowest BCUT2D eigenvalue weighted by molar-refractivity contribution is -0.144. The van der Waals surface area contributed by atoms with Gasteiger partial charge in [0.05, 0.1) is 45.0 Å². The molecule has 2 heterocycles. The summed E-state index contributed by atoms with van der Waals surface area (Å²) < 4.78 is 0. The fourth-order valence-electron chi connectivity index (χ4n) is 14.8. The number of hydrogen-bond donors (Lipinski definition) is 29. The number of aliphatic hydroxyl groups excluding tert-OH is 3. The first kappa shape index (κ1) is 116. The molecule has 1 aliphatic heterocycles. The predicted octanol–water partition coefficient (Wildman–Crippen LogP) is -7.32. The van der Waals surface area contributed by atoms with Gasteiger partial charge in [-0.3, -0.25) is 95.9 Å². The molecule has 0 bridgehead atoms. The molecular formula is C89H128N20O31. The van der Waals surface area contributed by atoms with Gasteiger partial charge >= 0.3 is 29.8 Å². The van der Waals surface area contributed by atoms with Gasteiger partial charge in [0.15, 0.2) is 0 Å². The highest BCUT2D eigenvalue weighted by Crippen LogP contribution is 2.24. The van der Waals surface area contributed by atoms with Gasteiger partial charge in [-0.15, -0.1) is 0 Å². The average Bonchev–Trinajstić information content (AvgIpc) is 1.73. The van der Waals surface area contributed by atoms with Gasteiger partial charge in [0.25, 0.3) is 0 Å². The topological polar surface area (TPSA) is 852 Å². The second-order valence-electron chi connectivity index (χ2n) is 34.2. The lowest BCUT2D eigenvalue weighted by Gasteiger charge is -2.31. The summed E-state index contributed by atoms with van der Waals surface area (Å²) in [5.74, 6) is -29.8. The number of nitrogens with two attached hydrogens (primary N) is 4. The molecule has 0 saturated carbocycles. The molecule has 140 heavy (non-hydrogen) atoms. The average molecular weight is 1970 g/mol. The maximum Gasteiger partial charge on any atom is 0.328 e. The first-order valence-electron chi connectivity index (χ1n) is 45.2. The van der Waals surface area contributed by atoms with Crippen LogP contribution in [0.25, 0.3) is 10.9 Å². The minimum Gasteiger partial charge on any atom is -0.508 e. The van der Waals surface area contributed by atoms with Gasteiger partial charge in [0.2, 0.25) is 94.5 Å². The number of carbonyl (C=O) groups excluding carboxylic acids is 16. The summed E-state index contributed by atoms with van der Waals surface area (Å²) in [6, 6.07) is -12.9. The summed E-state index contributed by atoms with van der Waals surface area (Å²) in [4.78, 5) is 294. The fourth-order valence-corrected chi connectivity index (χ4v) is 14.8.